The first kappa shape index (κ1) is 18.0. The number of nitrogens with two attached hydrogens (primary N) is 1. The molecule has 5 aromatic rings. The van der Waals surface area contributed by atoms with Crippen LogP contribution in [-0.4, -0.2) is 24.8 Å². The Morgan fingerprint density at radius 3 is 2.48 bits per heavy atom. The van der Waals surface area contributed by atoms with Gasteiger partial charge in [0.25, 0.3) is 0 Å². The number of rotatable bonds is 3. The van der Waals surface area contributed by atoms with Crippen LogP contribution in [-0.2, 0) is 0 Å². The van der Waals surface area contributed by atoms with E-state index in [2.05, 4.69) is 31.2 Å². The first-order chi connectivity index (χ1) is 14.1. The van der Waals surface area contributed by atoms with Gasteiger partial charge in [0.2, 0.25) is 0 Å². The van der Waals surface area contributed by atoms with Gasteiger partial charge in [-0.1, -0.05) is 58.4 Å². The first-order valence-electron chi connectivity index (χ1n) is 8.90. The maximum atomic E-state index is 6.44. The van der Waals surface area contributed by atoms with Crippen LogP contribution in [0.2, 0.25) is 0 Å². The molecule has 2 N–H and O–H groups in total. The van der Waals surface area contributed by atoms with Gasteiger partial charge in [-0.05, 0) is 24.6 Å². The molecule has 29 heavy (non-hydrogen) atoms. The fourth-order valence-corrected chi connectivity index (χ4v) is 4.34. The van der Waals surface area contributed by atoms with Gasteiger partial charge in [-0.3, -0.25) is 0 Å². The van der Waals surface area contributed by atoms with Gasteiger partial charge in [-0.25, -0.2) is 4.98 Å². The zero-order valence-electron chi connectivity index (χ0n) is 15.4. The number of halogens is 1. The van der Waals surface area contributed by atoms with Gasteiger partial charge in [0.1, 0.15) is 5.01 Å². The third kappa shape index (κ3) is 3.10. The van der Waals surface area contributed by atoms with Gasteiger partial charge in [0.15, 0.2) is 17.2 Å². The van der Waals surface area contributed by atoms with Gasteiger partial charge in [-0.2, -0.15) is 9.61 Å². The van der Waals surface area contributed by atoms with E-state index >= 15 is 0 Å². The molecule has 0 aliphatic carbocycles. The van der Waals surface area contributed by atoms with Crippen LogP contribution >= 0.6 is 27.3 Å². The summed E-state index contributed by atoms with van der Waals surface area (Å²) in [5, 5.41) is 16.2. The van der Waals surface area contributed by atoms with E-state index in [-0.39, 0.29) is 0 Å². The second kappa shape index (κ2) is 7.06. The molecule has 0 saturated heterocycles. The van der Waals surface area contributed by atoms with E-state index in [1.54, 1.807) is 4.52 Å². The highest BCUT2D eigenvalue weighted by molar-refractivity contribution is 9.10. The predicted octanol–water partition coefficient (Wildman–Crippen LogP) is 5.23. The molecule has 2 aromatic carbocycles. The first-order valence-corrected chi connectivity index (χ1v) is 10.6. The van der Waals surface area contributed by atoms with Gasteiger partial charge in [0.05, 0.1) is 17.0 Å². The molecule has 0 bridgehead atoms. The lowest BCUT2D eigenvalue weighted by Gasteiger charge is -2.04. The molecule has 0 radical (unpaired) electrons. The molecular formula is C21H15BrN6S. The van der Waals surface area contributed by atoms with Crippen LogP contribution in [0.5, 0.6) is 0 Å². The smallest absolute Gasteiger partial charge is 0.187 e. The number of fused-ring (bicyclic) bond motifs is 1. The Bertz CT molecular complexity index is 1330. The Labute approximate surface area is 179 Å². The van der Waals surface area contributed by atoms with Crippen molar-refractivity contribution in [2.75, 3.05) is 5.73 Å². The van der Waals surface area contributed by atoms with E-state index in [9.17, 15) is 0 Å². The van der Waals surface area contributed by atoms with E-state index in [0.717, 1.165) is 32.6 Å². The number of aromatic nitrogens is 5. The van der Waals surface area contributed by atoms with Crippen molar-refractivity contribution >= 4 is 38.7 Å². The minimum atomic E-state index is 0.426. The molecule has 3 heterocycles. The summed E-state index contributed by atoms with van der Waals surface area (Å²) in [7, 11) is 0. The van der Waals surface area contributed by atoms with Gasteiger partial charge < -0.3 is 5.73 Å². The molecule has 142 valence electrons. The Hall–Kier alpha value is -3.10. The molecule has 0 amide bonds. The monoisotopic (exact) mass is 462 g/mol. The van der Waals surface area contributed by atoms with E-state index in [0.29, 0.717) is 22.2 Å². The highest BCUT2D eigenvalue weighted by Gasteiger charge is 2.20. The summed E-state index contributed by atoms with van der Waals surface area (Å²) >= 11 is 4.96. The maximum absolute atomic E-state index is 6.44. The zero-order chi connectivity index (χ0) is 20.0. The van der Waals surface area contributed by atoms with Gasteiger partial charge in [-0.15, -0.1) is 21.5 Å². The van der Waals surface area contributed by atoms with Crippen molar-refractivity contribution in [3.8, 4) is 33.1 Å². The van der Waals surface area contributed by atoms with Crippen LogP contribution < -0.4 is 5.73 Å². The van der Waals surface area contributed by atoms with Crippen molar-refractivity contribution in [2.24, 2.45) is 0 Å². The van der Waals surface area contributed by atoms with E-state index < -0.39 is 0 Å². The van der Waals surface area contributed by atoms with Crippen LogP contribution in [0.1, 0.15) is 5.69 Å². The fourth-order valence-electron chi connectivity index (χ4n) is 3.26. The summed E-state index contributed by atoms with van der Waals surface area (Å²) in [5.74, 6) is 0.426. The summed E-state index contributed by atoms with van der Waals surface area (Å²) in [6.07, 6.45) is 0. The standard InChI is InChI=1S/C21H15BrN6S/c1-12-17(14-7-9-15(22)10-8-14)20-26-25-18(19(23)28(20)27-12)21-24-16(11-29-21)13-5-3-2-4-6-13/h2-11H,23H2,1H3. The average Bonchev–Trinajstić information content (AvgIpc) is 3.35. The van der Waals surface area contributed by atoms with Crippen molar-refractivity contribution < 1.29 is 0 Å². The topological polar surface area (TPSA) is 82.0 Å². The molecule has 5 rings (SSSR count). The lowest BCUT2D eigenvalue weighted by Crippen LogP contribution is -2.05. The number of hydrogen-bond acceptors (Lipinski definition) is 6. The number of aryl methyl sites for hydroxylation is 1. The van der Waals surface area contributed by atoms with Crippen LogP contribution in [0, 0.1) is 6.92 Å². The Morgan fingerprint density at radius 2 is 1.72 bits per heavy atom. The summed E-state index contributed by atoms with van der Waals surface area (Å²) in [5.41, 5.74) is 12.3. The number of thiazole rings is 1. The van der Waals surface area contributed by atoms with Crippen molar-refractivity contribution in [2.45, 2.75) is 6.92 Å². The van der Waals surface area contributed by atoms with Crippen LogP contribution in [0.25, 0.3) is 38.7 Å². The largest absolute Gasteiger partial charge is 0.382 e. The van der Waals surface area contributed by atoms with Crippen LogP contribution in [0.15, 0.2) is 64.5 Å². The Balaban J connectivity index is 1.62. The molecule has 0 saturated carbocycles. The molecule has 0 unspecified atom stereocenters. The molecule has 0 aliphatic heterocycles. The molecule has 6 nitrogen and oxygen atoms in total. The normalized spacial score (nSPS) is 11.2. The van der Waals surface area contributed by atoms with Crippen LogP contribution in [0.3, 0.4) is 0 Å². The third-order valence-electron chi connectivity index (χ3n) is 4.66. The van der Waals surface area contributed by atoms with Crippen molar-refractivity contribution in [1.82, 2.24) is 24.8 Å². The van der Waals surface area contributed by atoms with Crippen molar-refractivity contribution in [3.05, 3.63) is 70.1 Å². The zero-order valence-corrected chi connectivity index (χ0v) is 17.8. The second-order valence-electron chi connectivity index (χ2n) is 6.54. The highest BCUT2D eigenvalue weighted by Crippen LogP contribution is 2.33. The quantitative estimate of drug-likeness (QED) is 0.396. The summed E-state index contributed by atoms with van der Waals surface area (Å²) in [4.78, 5) is 4.71. The molecule has 0 fully saturated rings. The van der Waals surface area contributed by atoms with Crippen molar-refractivity contribution in [3.63, 3.8) is 0 Å². The number of nitrogens with zero attached hydrogens (tertiary/aromatic N) is 5. The number of anilines is 1. The molecular weight excluding hydrogens is 448 g/mol. The molecule has 0 aliphatic rings. The third-order valence-corrected chi connectivity index (χ3v) is 6.04. The molecule has 8 heteroatoms. The summed E-state index contributed by atoms with van der Waals surface area (Å²) in [6.45, 7) is 1.95. The summed E-state index contributed by atoms with van der Waals surface area (Å²) in [6, 6.07) is 18.0. The molecule has 3 aromatic heterocycles. The number of hydrogen-bond donors (Lipinski definition) is 1. The number of benzene rings is 2. The lowest BCUT2D eigenvalue weighted by molar-refractivity contribution is 0.892. The Kier molecular flexibility index (Phi) is 4.37. The highest BCUT2D eigenvalue weighted by atomic mass is 79.9. The van der Waals surface area contributed by atoms with E-state index in [1.165, 1.54) is 11.3 Å². The molecule has 0 atom stereocenters. The second-order valence-corrected chi connectivity index (χ2v) is 8.31. The van der Waals surface area contributed by atoms with E-state index in [4.69, 9.17) is 10.7 Å². The summed E-state index contributed by atoms with van der Waals surface area (Å²) < 4.78 is 2.67. The fraction of sp³-hybridized carbons (Fsp3) is 0.0476. The Morgan fingerprint density at radius 1 is 0.966 bits per heavy atom. The SMILES string of the molecule is Cc1nn2c(N)c(-c3nc(-c4ccccc4)cs3)nnc2c1-c1ccc(Br)cc1. The van der Waals surface area contributed by atoms with Crippen molar-refractivity contribution in [1.29, 1.82) is 0 Å². The minimum Gasteiger partial charge on any atom is -0.382 e. The lowest BCUT2D eigenvalue weighted by atomic mass is 10.1. The predicted molar refractivity (Wildman–Crippen MR) is 120 cm³/mol. The van der Waals surface area contributed by atoms with Crippen LogP contribution in [0.4, 0.5) is 5.82 Å². The maximum Gasteiger partial charge on any atom is 0.187 e. The van der Waals surface area contributed by atoms with E-state index in [1.807, 2.05) is 66.9 Å². The number of nitrogen functional groups attached to an aromatic ring is 1. The minimum absolute atomic E-state index is 0.426. The average molecular weight is 463 g/mol. The van der Waals surface area contributed by atoms with Gasteiger partial charge in [0, 0.05) is 15.4 Å². The molecule has 0 spiro atoms. The van der Waals surface area contributed by atoms with Gasteiger partial charge >= 0.3 is 0 Å².